The van der Waals surface area contributed by atoms with Crippen LogP contribution < -0.4 is 21.4 Å². The molecule has 0 heterocycles. The molecule has 2 amide bonds. The summed E-state index contributed by atoms with van der Waals surface area (Å²) < 4.78 is 5.63. The van der Waals surface area contributed by atoms with E-state index in [2.05, 4.69) is 10.5 Å². The van der Waals surface area contributed by atoms with Gasteiger partial charge in [0.15, 0.2) is 0 Å². The Morgan fingerprint density at radius 2 is 2.00 bits per heavy atom. The number of nitrogens with one attached hydrogen (secondary N) is 1. The van der Waals surface area contributed by atoms with Crippen molar-refractivity contribution in [2.24, 2.45) is 10.8 Å². The molecular formula is C15H16BN3O4. The predicted octanol–water partition coefficient (Wildman–Crippen LogP) is -0.0524. The van der Waals surface area contributed by atoms with Crippen molar-refractivity contribution in [1.29, 1.82) is 0 Å². The van der Waals surface area contributed by atoms with E-state index < -0.39 is 13.1 Å². The van der Waals surface area contributed by atoms with Gasteiger partial charge in [-0.05, 0) is 29.3 Å². The van der Waals surface area contributed by atoms with Gasteiger partial charge < -0.3 is 20.5 Å². The topological polar surface area (TPSA) is 117 Å². The molecule has 0 saturated carbocycles. The molecule has 2 aromatic carbocycles. The van der Waals surface area contributed by atoms with Gasteiger partial charge in [-0.1, -0.05) is 30.3 Å². The number of ether oxygens (including phenoxy) is 1. The van der Waals surface area contributed by atoms with E-state index in [1.165, 1.54) is 12.3 Å². The minimum absolute atomic E-state index is 0.198. The highest BCUT2D eigenvalue weighted by molar-refractivity contribution is 6.59. The first-order valence-corrected chi connectivity index (χ1v) is 6.81. The van der Waals surface area contributed by atoms with Gasteiger partial charge >= 0.3 is 13.1 Å². The number of urea groups is 1. The Morgan fingerprint density at radius 3 is 2.65 bits per heavy atom. The standard InChI is InChI=1S/C15H16BN3O4/c17-15(20)19-18-9-12-6-7-14(13(8-12)16(21)22)23-10-11-4-2-1-3-5-11/h1-9,21-22H,10H2,(H3,17,19,20). The summed E-state index contributed by atoms with van der Waals surface area (Å²) in [5, 5.41) is 22.6. The second-order valence-corrected chi connectivity index (χ2v) is 4.68. The summed E-state index contributed by atoms with van der Waals surface area (Å²) in [6, 6.07) is 13.5. The van der Waals surface area contributed by atoms with Gasteiger partial charge in [0.1, 0.15) is 12.4 Å². The van der Waals surface area contributed by atoms with Crippen LogP contribution in [0.4, 0.5) is 4.79 Å². The van der Waals surface area contributed by atoms with E-state index in [0.717, 1.165) is 5.56 Å². The first-order chi connectivity index (χ1) is 11.1. The number of benzene rings is 2. The number of hydrogen-bond donors (Lipinski definition) is 4. The molecule has 0 atom stereocenters. The van der Waals surface area contributed by atoms with Gasteiger partial charge in [0.05, 0.1) is 6.21 Å². The van der Waals surface area contributed by atoms with Crippen molar-refractivity contribution in [3.05, 3.63) is 59.7 Å². The van der Waals surface area contributed by atoms with Crippen molar-refractivity contribution in [2.45, 2.75) is 6.61 Å². The highest BCUT2D eigenvalue weighted by atomic mass is 16.5. The van der Waals surface area contributed by atoms with Gasteiger partial charge in [0.25, 0.3) is 0 Å². The minimum Gasteiger partial charge on any atom is -0.489 e. The average molecular weight is 313 g/mol. The monoisotopic (exact) mass is 313 g/mol. The van der Waals surface area contributed by atoms with E-state index in [4.69, 9.17) is 10.5 Å². The number of carbonyl (C=O) groups excluding carboxylic acids is 1. The summed E-state index contributed by atoms with van der Waals surface area (Å²) >= 11 is 0. The molecule has 0 aliphatic heterocycles. The van der Waals surface area contributed by atoms with Crippen LogP contribution in [0.25, 0.3) is 0 Å². The first kappa shape index (κ1) is 16.5. The summed E-state index contributed by atoms with van der Waals surface area (Å²) in [4.78, 5) is 10.5. The highest BCUT2D eigenvalue weighted by Crippen LogP contribution is 2.12. The highest BCUT2D eigenvalue weighted by Gasteiger charge is 2.17. The molecule has 0 aliphatic rings. The van der Waals surface area contributed by atoms with Gasteiger partial charge in [0.2, 0.25) is 0 Å². The van der Waals surface area contributed by atoms with E-state index in [0.29, 0.717) is 17.9 Å². The van der Waals surface area contributed by atoms with Crippen molar-refractivity contribution in [2.75, 3.05) is 0 Å². The van der Waals surface area contributed by atoms with Crippen LogP contribution in [-0.2, 0) is 6.61 Å². The number of hydrazone groups is 1. The molecule has 23 heavy (non-hydrogen) atoms. The maximum atomic E-state index is 10.5. The fraction of sp³-hybridized carbons (Fsp3) is 0.0667. The van der Waals surface area contributed by atoms with Crippen molar-refractivity contribution < 1.29 is 19.6 Å². The molecule has 118 valence electrons. The van der Waals surface area contributed by atoms with Crippen LogP contribution in [0.1, 0.15) is 11.1 Å². The second kappa shape index (κ2) is 7.97. The Morgan fingerprint density at radius 1 is 1.26 bits per heavy atom. The van der Waals surface area contributed by atoms with Crippen molar-refractivity contribution in [3.63, 3.8) is 0 Å². The van der Waals surface area contributed by atoms with Crippen LogP contribution in [0, 0.1) is 0 Å². The molecular weight excluding hydrogens is 297 g/mol. The Hall–Kier alpha value is -2.84. The molecule has 2 rings (SSSR count). The molecule has 7 nitrogen and oxygen atoms in total. The largest absolute Gasteiger partial charge is 0.492 e. The Balaban J connectivity index is 2.13. The normalized spacial score (nSPS) is 10.5. The number of carbonyl (C=O) groups is 1. The molecule has 2 aromatic rings. The molecule has 0 radical (unpaired) electrons. The number of hydrogen-bond acceptors (Lipinski definition) is 5. The van der Waals surface area contributed by atoms with Gasteiger partial charge in [-0.15, -0.1) is 0 Å². The SMILES string of the molecule is NC(=O)NN=Cc1ccc(OCc2ccccc2)c(B(O)O)c1. The lowest BCUT2D eigenvalue weighted by atomic mass is 9.79. The predicted molar refractivity (Wildman–Crippen MR) is 87.4 cm³/mol. The molecule has 0 aliphatic carbocycles. The van der Waals surface area contributed by atoms with E-state index in [9.17, 15) is 14.8 Å². The fourth-order valence-corrected chi connectivity index (χ4v) is 1.89. The number of amides is 2. The van der Waals surface area contributed by atoms with Gasteiger partial charge in [0, 0.05) is 5.46 Å². The number of nitrogens with zero attached hydrogens (tertiary/aromatic N) is 1. The molecule has 0 bridgehead atoms. The molecule has 5 N–H and O–H groups in total. The zero-order valence-corrected chi connectivity index (χ0v) is 12.2. The number of primary amides is 1. The quantitative estimate of drug-likeness (QED) is 0.340. The lowest BCUT2D eigenvalue weighted by Crippen LogP contribution is -2.32. The van der Waals surface area contributed by atoms with Crippen molar-refractivity contribution >= 4 is 24.8 Å². The lowest BCUT2D eigenvalue weighted by Gasteiger charge is -2.12. The van der Waals surface area contributed by atoms with Crippen LogP contribution >= 0.6 is 0 Å². The molecule has 0 unspecified atom stereocenters. The number of rotatable bonds is 6. The van der Waals surface area contributed by atoms with E-state index >= 15 is 0 Å². The summed E-state index contributed by atoms with van der Waals surface area (Å²) in [5.41, 5.74) is 8.65. The Labute approximate surface area is 133 Å². The molecule has 0 spiro atoms. The maximum absolute atomic E-state index is 10.5. The summed E-state index contributed by atoms with van der Waals surface area (Å²) in [5.74, 6) is 0.351. The third kappa shape index (κ3) is 5.13. The van der Waals surface area contributed by atoms with Crippen LogP contribution in [0.5, 0.6) is 5.75 Å². The Kier molecular flexibility index (Phi) is 5.73. The van der Waals surface area contributed by atoms with Gasteiger partial charge in [-0.3, -0.25) is 0 Å². The summed E-state index contributed by atoms with van der Waals surface area (Å²) in [6.07, 6.45) is 1.33. The van der Waals surface area contributed by atoms with Gasteiger partial charge in [-0.2, -0.15) is 5.10 Å². The third-order valence-corrected chi connectivity index (χ3v) is 2.94. The molecule has 0 saturated heterocycles. The molecule has 0 aromatic heterocycles. The van der Waals surface area contributed by atoms with Crippen molar-refractivity contribution in [3.8, 4) is 5.75 Å². The summed E-state index contributed by atoms with van der Waals surface area (Å²) in [6.45, 7) is 0.303. The number of nitrogens with two attached hydrogens (primary N) is 1. The Bertz CT molecular complexity index is 692. The molecule has 8 heteroatoms. The van der Waals surface area contributed by atoms with Gasteiger partial charge in [-0.25, -0.2) is 10.2 Å². The summed E-state index contributed by atoms with van der Waals surface area (Å²) in [7, 11) is -1.70. The van der Waals surface area contributed by atoms with Crippen molar-refractivity contribution in [1.82, 2.24) is 5.43 Å². The third-order valence-electron chi connectivity index (χ3n) is 2.94. The van der Waals surface area contributed by atoms with E-state index in [1.54, 1.807) is 12.1 Å². The van der Waals surface area contributed by atoms with Crippen LogP contribution in [0.2, 0.25) is 0 Å². The van der Waals surface area contributed by atoms with Crippen LogP contribution in [0.3, 0.4) is 0 Å². The first-order valence-electron chi connectivity index (χ1n) is 6.81. The van der Waals surface area contributed by atoms with E-state index in [-0.39, 0.29) is 5.46 Å². The van der Waals surface area contributed by atoms with Crippen LogP contribution in [-0.4, -0.2) is 29.4 Å². The zero-order chi connectivity index (χ0) is 16.7. The average Bonchev–Trinajstić information content (AvgIpc) is 2.54. The maximum Gasteiger partial charge on any atom is 0.492 e. The molecule has 0 fully saturated rings. The van der Waals surface area contributed by atoms with E-state index in [1.807, 2.05) is 30.3 Å². The fourth-order valence-electron chi connectivity index (χ4n) is 1.89. The van der Waals surface area contributed by atoms with Crippen LogP contribution in [0.15, 0.2) is 53.6 Å². The smallest absolute Gasteiger partial charge is 0.489 e. The lowest BCUT2D eigenvalue weighted by molar-refractivity contribution is 0.249. The zero-order valence-electron chi connectivity index (χ0n) is 12.2. The minimum atomic E-state index is -1.70. The second-order valence-electron chi connectivity index (χ2n) is 4.68.